The number of piperidine rings is 1. The van der Waals surface area contributed by atoms with Gasteiger partial charge in [-0.1, -0.05) is 18.6 Å². The van der Waals surface area contributed by atoms with E-state index in [4.69, 9.17) is 4.74 Å². The van der Waals surface area contributed by atoms with Crippen molar-refractivity contribution in [1.82, 2.24) is 4.31 Å². The molecule has 0 atom stereocenters. The van der Waals surface area contributed by atoms with E-state index in [1.807, 2.05) is 6.07 Å². The topological polar surface area (TPSA) is 46.6 Å². The number of benzene rings is 1. The number of sulfonamides is 1. The standard InChI is InChI=1S/C13H19NO3S/c1-17-11-12-6-5-7-13(10-12)18(15,16)14-8-3-2-4-9-14/h5-7,10H,2-4,8-9,11H2,1H3. The SMILES string of the molecule is COCc1cccc(S(=O)(=O)N2CCCCC2)c1. The van der Waals surface area contributed by atoms with E-state index in [-0.39, 0.29) is 0 Å². The number of hydrogen-bond donors (Lipinski definition) is 0. The molecule has 1 aliphatic heterocycles. The van der Waals surface area contributed by atoms with Gasteiger partial charge in [-0.15, -0.1) is 0 Å². The zero-order valence-corrected chi connectivity index (χ0v) is 11.4. The predicted octanol–water partition coefficient (Wildman–Crippen LogP) is 2.01. The van der Waals surface area contributed by atoms with Gasteiger partial charge in [-0.2, -0.15) is 4.31 Å². The van der Waals surface area contributed by atoms with Crippen LogP contribution in [0.4, 0.5) is 0 Å². The van der Waals surface area contributed by atoms with Gasteiger partial charge in [-0.05, 0) is 30.5 Å². The predicted molar refractivity (Wildman–Crippen MR) is 69.8 cm³/mol. The molecule has 4 nitrogen and oxygen atoms in total. The van der Waals surface area contributed by atoms with Crippen LogP contribution in [-0.2, 0) is 21.4 Å². The highest BCUT2D eigenvalue weighted by atomic mass is 32.2. The first-order valence-electron chi connectivity index (χ1n) is 6.22. The minimum Gasteiger partial charge on any atom is -0.380 e. The lowest BCUT2D eigenvalue weighted by atomic mass is 10.2. The van der Waals surface area contributed by atoms with Crippen LogP contribution in [0, 0.1) is 0 Å². The third-order valence-electron chi connectivity index (χ3n) is 3.16. The van der Waals surface area contributed by atoms with E-state index in [1.54, 1.807) is 29.6 Å². The molecule has 0 aliphatic carbocycles. The van der Waals surface area contributed by atoms with Crippen LogP contribution in [0.5, 0.6) is 0 Å². The Morgan fingerprint density at radius 2 is 1.94 bits per heavy atom. The molecule has 1 aromatic rings. The third-order valence-corrected chi connectivity index (χ3v) is 5.06. The van der Waals surface area contributed by atoms with Gasteiger partial charge in [-0.3, -0.25) is 0 Å². The van der Waals surface area contributed by atoms with Crippen LogP contribution in [0.25, 0.3) is 0 Å². The fraction of sp³-hybridized carbons (Fsp3) is 0.538. The molecule has 0 saturated carbocycles. The fourth-order valence-corrected chi connectivity index (χ4v) is 3.80. The van der Waals surface area contributed by atoms with Crippen LogP contribution in [0.2, 0.25) is 0 Å². The summed E-state index contributed by atoms with van der Waals surface area (Å²) in [6, 6.07) is 7.00. The van der Waals surface area contributed by atoms with Crippen molar-refractivity contribution in [3.8, 4) is 0 Å². The van der Waals surface area contributed by atoms with Crippen molar-refractivity contribution in [3.63, 3.8) is 0 Å². The van der Waals surface area contributed by atoms with Crippen LogP contribution in [0.1, 0.15) is 24.8 Å². The molecule has 100 valence electrons. The Kier molecular flexibility index (Phi) is 4.37. The number of nitrogens with zero attached hydrogens (tertiary/aromatic N) is 1. The lowest BCUT2D eigenvalue weighted by Gasteiger charge is -2.26. The van der Waals surface area contributed by atoms with Crippen molar-refractivity contribution < 1.29 is 13.2 Å². The Labute approximate surface area is 109 Å². The van der Waals surface area contributed by atoms with Gasteiger partial charge in [0.05, 0.1) is 11.5 Å². The molecule has 0 radical (unpaired) electrons. The summed E-state index contributed by atoms with van der Waals surface area (Å²) in [7, 11) is -1.72. The molecule has 0 spiro atoms. The summed E-state index contributed by atoms with van der Waals surface area (Å²) in [6.45, 7) is 1.71. The van der Waals surface area contributed by atoms with Gasteiger partial charge in [0.15, 0.2) is 0 Å². The van der Waals surface area contributed by atoms with Crippen molar-refractivity contribution in [3.05, 3.63) is 29.8 Å². The second-order valence-electron chi connectivity index (χ2n) is 4.55. The Hall–Kier alpha value is -0.910. The molecule has 5 heteroatoms. The third kappa shape index (κ3) is 2.91. The molecule has 0 N–H and O–H groups in total. The molecule has 0 aromatic heterocycles. The Morgan fingerprint density at radius 1 is 1.22 bits per heavy atom. The number of hydrogen-bond acceptors (Lipinski definition) is 3. The van der Waals surface area contributed by atoms with Gasteiger partial charge < -0.3 is 4.74 Å². The maximum Gasteiger partial charge on any atom is 0.243 e. The zero-order chi connectivity index (χ0) is 13.0. The summed E-state index contributed by atoms with van der Waals surface area (Å²) in [5, 5.41) is 0. The van der Waals surface area contributed by atoms with E-state index >= 15 is 0 Å². The van der Waals surface area contributed by atoms with Gasteiger partial charge in [0.1, 0.15) is 0 Å². The van der Waals surface area contributed by atoms with Gasteiger partial charge in [0.2, 0.25) is 10.0 Å². The summed E-state index contributed by atoms with van der Waals surface area (Å²) in [5.41, 5.74) is 0.885. The van der Waals surface area contributed by atoms with Crippen molar-refractivity contribution in [2.75, 3.05) is 20.2 Å². The van der Waals surface area contributed by atoms with Crippen molar-refractivity contribution in [2.24, 2.45) is 0 Å². The van der Waals surface area contributed by atoms with Crippen molar-refractivity contribution in [2.45, 2.75) is 30.8 Å². The van der Waals surface area contributed by atoms with Crippen LogP contribution < -0.4 is 0 Å². The highest BCUT2D eigenvalue weighted by molar-refractivity contribution is 7.89. The molecule has 0 amide bonds. The summed E-state index contributed by atoms with van der Waals surface area (Å²) in [4.78, 5) is 0.374. The largest absolute Gasteiger partial charge is 0.380 e. The second kappa shape index (κ2) is 5.82. The summed E-state index contributed by atoms with van der Waals surface area (Å²) < 4.78 is 31.5. The molecule has 1 saturated heterocycles. The fourth-order valence-electron chi connectivity index (χ4n) is 2.22. The second-order valence-corrected chi connectivity index (χ2v) is 6.48. The first-order valence-corrected chi connectivity index (χ1v) is 7.66. The smallest absolute Gasteiger partial charge is 0.243 e. The maximum atomic E-state index is 12.4. The molecule has 1 aliphatic rings. The zero-order valence-electron chi connectivity index (χ0n) is 10.6. The Balaban J connectivity index is 2.25. The quantitative estimate of drug-likeness (QED) is 0.840. The van der Waals surface area contributed by atoms with Gasteiger partial charge in [0, 0.05) is 20.2 Å². The maximum absolute atomic E-state index is 12.4. The van der Waals surface area contributed by atoms with Crippen LogP contribution >= 0.6 is 0 Å². The summed E-state index contributed by atoms with van der Waals surface area (Å²) in [5.74, 6) is 0. The summed E-state index contributed by atoms with van der Waals surface area (Å²) >= 11 is 0. The van der Waals surface area contributed by atoms with E-state index in [1.165, 1.54) is 0 Å². The van der Waals surface area contributed by atoms with Crippen LogP contribution in [-0.4, -0.2) is 32.9 Å². The molecule has 2 rings (SSSR count). The molecule has 18 heavy (non-hydrogen) atoms. The van der Waals surface area contributed by atoms with Gasteiger partial charge >= 0.3 is 0 Å². The lowest BCUT2D eigenvalue weighted by Crippen LogP contribution is -2.35. The first kappa shape index (κ1) is 13.5. The van der Waals surface area contributed by atoms with E-state index in [0.29, 0.717) is 24.6 Å². The highest BCUT2D eigenvalue weighted by Gasteiger charge is 2.25. The molecular formula is C13H19NO3S. The van der Waals surface area contributed by atoms with E-state index < -0.39 is 10.0 Å². The van der Waals surface area contributed by atoms with Gasteiger partial charge in [-0.25, -0.2) is 8.42 Å². The molecule has 1 heterocycles. The minimum absolute atomic E-state index is 0.374. The highest BCUT2D eigenvalue weighted by Crippen LogP contribution is 2.21. The van der Waals surface area contributed by atoms with Crippen LogP contribution in [0.3, 0.4) is 0 Å². The van der Waals surface area contributed by atoms with E-state index in [2.05, 4.69) is 0 Å². The lowest BCUT2D eigenvalue weighted by molar-refractivity contribution is 0.184. The summed E-state index contributed by atoms with van der Waals surface area (Å²) in [6.07, 6.45) is 3.03. The average Bonchev–Trinajstić information content (AvgIpc) is 2.40. The van der Waals surface area contributed by atoms with Gasteiger partial charge in [0.25, 0.3) is 0 Å². The minimum atomic E-state index is -3.33. The average molecular weight is 269 g/mol. The molecule has 1 aromatic carbocycles. The van der Waals surface area contributed by atoms with E-state index in [0.717, 1.165) is 24.8 Å². The molecule has 0 unspecified atom stereocenters. The molecule has 0 bridgehead atoms. The normalized spacial score (nSPS) is 17.8. The monoisotopic (exact) mass is 269 g/mol. The Bertz CT molecular complexity index is 493. The van der Waals surface area contributed by atoms with E-state index in [9.17, 15) is 8.42 Å². The first-order chi connectivity index (χ1) is 8.64. The van der Waals surface area contributed by atoms with Crippen LogP contribution in [0.15, 0.2) is 29.2 Å². The molecular weight excluding hydrogens is 250 g/mol. The van der Waals surface area contributed by atoms with Crippen molar-refractivity contribution >= 4 is 10.0 Å². The number of rotatable bonds is 4. The number of ether oxygens (including phenoxy) is 1. The molecule has 1 fully saturated rings. The Morgan fingerprint density at radius 3 is 2.61 bits per heavy atom. The number of methoxy groups -OCH3 is 1. The van der Waals surface area contributed by atoms with Crippen molar-refractivity contribution in [1.29, 1.82) is 0 Å².